The van der Waals surface area contributed by atoms with Crippen molar-refractivity contribution in [2.24, 2.45) is 0 Å². The smallest absolute Gasteiger partial charge is 0.287 e. The van der Waals surface area contributed by atoms with Crippen molar-refractivity contribution in [3.63, 3.8) is 0 Å². The van der Waals surface area contributed by atoms with Crippen LogP contribution in [0.4, 0.5) is 0 Å². The van der Waals surface area contributed by atoms with Crippen LogP contribution in [0.3, 0.4) is 0 Å². The highest BCUT2D eigenvalue weighted by molar-refractivity contribution is 6.31. The highest BCUT2D eigenvalue weighted by Gasteiger charge is 2.17. The number of amides is 1. The highest BCUT2D eigenvalue weighted by atomic mass is 35.5. The second-order valence-corrected chi connectivity index (χ2v) is 6.44. The zero-order valence-corrected chi connectivity index (χ0v) is 14.8. The second kappa shape index (κ2) is 6.69. The predicted molar refractivity (Wildman–Crippen MR) is 101 cm³/mol. The van der Waals surface area contributed by atoms with Gasteiger partial charge >= 0.3 is 0 Å². The first-order valence-corrected chi connectivity index (χ1v) is 8.55. The van der Waals surface area contributed by atoms with Gasteiger partial charge in [0, 0.05) is 34.3 Å². The molecule has 0 saturated heterocycles. The number of nitrogens with one attached hydrogen (secondary N) is 1. The van der Waals surface area contributed by atoms with E-state index in [4.69, 9.17) is 16.0 Å². The number of hydrogen-bond donors (Lipinski definition) is 1. The standard InChI is InChI=1S/C20H16ClN3O2/c1-13-17-9-15(21)7-8-18(17)26-19(13)20(25)22-10-14-11-23-24(12-14)16-5-3-2-4-6-16/h2-9,11-12H,10H2,1H3,(H,22,25). The SMILES string of the molecule is Cc1c(C(=O)NCc2cnn(-c3ccccc3)c2)oc2ccc(Cl)cc12. The number of benzene rings is 2. The lowest BCUT2D eigenvalue weighted by atomic mass is 10.1. The number of hydrogen-bond acceptors (Lipinski definition) is 3. The number of halogens is 1. The largest absolute Gasteiger partial charge is 0.451 e. The molecule has 0 unspecified atom stereocenters. The average Bonchev–Trinajstić information content (AvgIpc) is 3.26. The first kappa shape index (κ1) is 16.4. The lowest BCUT2D eigenvalue weighted by molar-refractivity contribution is 0.0924. The third kappa shape index (κ3) is 3.09. The summed E-state index contributed by atoms with van der Waals surface area (Å²) in [4.78, 5) is 12.5. The second-order valence-electron chi connectivity index (χ2n) is 6.01. The molecule has 1 amide bonds. The Hall–Kier alpha value is -3.05. The van der Waals surface area contributed by atoms with Crippen molar-refractivity contribution in [2.75, 3.05) is 0 Å². The Morgan fingerprint density at radius 2 is 2.04 bits per heavy atom. The number of carbonyl (C=O) groups is 1. The van der Waals surface area contributed by atoms with E-state index >= 15 is 0 Å². The maximum Gasteiger partial charge on any atom is 0.287 e. The minimum absolute atomic E-state index is 0.262. The Balaban J connectivity index is 1.49. The Morgan fingerprint density at radius 1 is 1.23 bits per heavy atom. The van der Waals surface area contributed by atoms with Crippen molar-refractivity contribution >= 4 is 28.5 Å². The first-order chi connectivity index (χ1) is 12.6. The van der Waals surface area contributed by atoms with Crippen molar-refractivity contribution in [1.82, 2.24) is 15.1 Å². The van der Waals surface area contributed by atoms with Gasteiger partial charge in [-0.2, -0.15) is 5.10 Å². The van der Waals surface area contributed by atoms with Crippen LogP contribution in [0.25, 0.3) is 16.7 Å². The Morgan fingerprint density at radius 3 is 2.85 bits per heavy atom. The van der Waals surface area contributed by atoms with E-state index in [-0.39, 0.29) is 5.91 Å². The third-order valence-electron chi connectivity index (χ3n) is 4.21. The molecule has 6 heteroatoms. The van der Waals surface area contributed by atoms with Gasteiger partial charge < -0.3 is 9.73 Å². The maximum atomic E-state index is 12.5. The zero-order chi connectivity index (χ0) is 18.1. The van der Waals surface area contributed by atoms with E-state index in [9.17, 15) is 4.79 Å². The average molecular weight is 366 g/mol. The van der Waals surface area contributed by atoms with Crippen molar-refractivity contribution in [2.45, 2.75) is 13.5 Å². The van der Waals surface area contributed by atoms with Crippen LogP contribution < -0.4 is 5.32 Å². The molecule has 1 N–H and O–H groups in total. The molecule has 2 heterocycles. The summed E-state index contributed by atoms with van der Waals surface area (Å²) < 4.78 is 7.46. The maximum absolute atomic E-state index is 12.5. The molecule has 2 aromatic heterocycles. The highest BCUT2D eigenvalue weighted by Crippen LogP contribution is 2.27. The molecular weight excluding hydrogens is 350 g/mol. The van der Waals surface area contributed by atoms with Gasteiger partial charge in [0.2, 0.25) is 0 Å². The van der Waals surface area contributed by atoms with E-state index in [1.54, 1.807) is 29.1 Å². The number of para-hydroxylation sites is 1. The molecule has 0 saturated carbocycles. The monoisotopic (exact) mass is 365 g/mol. The summed E-state index contributed by atoms with van der Waals surface area (Å²) in [5, 5.41) is 8.66. The number of aromatic nitrogens is 2. The Labute approximate surface area is 155 Å². The molecule has 0 aliphatic carbocycles. The molecule has 0 spiro atoms. The van der Waals surface area contributed by atoms with Gasteiger partial charge in [0.15, 0.2) is 5.76 Å². The summed E-state index contributed by atoms with van der Waals surface area (Å²) in [6.07, 6.45) is 3.62. The van der Waals surface area contributed by atoms with Crippen molar-refractivity contribution in [3.05, 3.63) is 82.8 Å². The number of aryl methyl sites for hydroxylation is 1. The molecule has 0 fully saturated rings. The fraction of sp³-hybridized carbons (Fsp3) is 0.100. The van der Waals surface area contributed by atoms with Crippen molar-refractivity contribution in [3.8, 4) is 5.69 Å². The fourth-order valence-corrected chi connectivity index (χ4v) is 3.02. The first-order valence-electron chi connectivity index (χ1n) is 8.17. The summed E-state index contributed by atoms with van der Waals surface area (Å²) in [5.74, 6) is 0.0417. The topological polar surface area (TPSA) is 60.1 Å². The Bertz CT molecular complexity index is 1080. The van der Waals surface area contributed by atoms with Crippen LogP contribution in [-0.2, 0) is 6.54 Å². The van der Waals surface area contributed by atoms with Crippen LogP contribution in [0.15, 0.2) is 65.3 Å². The van der Waals surface area contributed by atoms with Gasteiger partial charge in [-0.25, -0.2) is 4.68 Å². The van der Waals surface area contributed by atoms with Crippen LogP contribution in [0.1, 0.15) is 21.7 Å². The van der Waals surface area contributed by atoms with Crippen LogP contribution >= 0.6 is 11.6 Å². The van der Waals surface area contributed by atoms with E-state index < -0.39 is 0 Å². The summed E-state index contributed by atoms with van der Waals surface area (Å²) in [6, 6.07) is 15.1. The molecular formula is C20H16ClN3O2. The molecule has 0 radical (unpaired) electrons. The van der Waals surface area contributed by atoms with Crippen LogP contribution in [0, 0.1) is 6.92 Å². The van der Waals surface area contributed by atoms with Gasteiger partial charge in [-0.15, -0.1) is 0 Å². The minimum Gasteiger partial charge on any atom is -0.451 e. The number of furan rings is 1. The van der Waals surface area contributed by atoms with Gasteiger partial charge in [-0.1, -0.05) is 29.8 Å². The molecule has 4 aromatic rings. The van der Waals surface area contributed by atoms with Crippen LogP contribution in [0.5, 0.6) is 0 Å². The fourth-order valence-electron chi connectivity index (χ4n) is 2.85. The van der Waals surface area contributed by atoms with E-state index in [1.165, 1.54) is 0 Å². The zero-order valence-electron chi connectivity index (χ0n) is 14.1. The molecule has 4 rings (SSSR count). The minimum atomic E-state index is -0.262. The quantitative estimate of drug-likeness (QED) is 0.578. The Kier molecular flexibility index (Phi) is 4.22. The lowest BCUT2D eigenvalue weighted by Crippen LogP contribution is -2.22. The lowest BCUT2D eigenvalue weighted by Gasteiger charge is -2.02. The van der Waals surface area contributed by atoms with Gasteiger partial charge in [0.25, 0.3) is 5.91 Å². The summed E-state index contributed by atoms with van der Waals surface area (Å²) in [7, 11) is 0. The van der Waals surface area contributed by atoms with Gasteiger partial charge in [0.05, 0.1) is 11.9 Å². The molecule has 5 nitrogen and oxygen atoms in total. The molecule has 0 aliphatic rings. The normalized spacial score (nSPS) is 11.0. The van der Waals surface area contributed by atoms with Crippen molar-refractivity contribution in [1.29, 1.82) is 0 Å². The van der Waals surface area contributed by atoms with E-state index in [0.717, 1.165) is 22.2 Å². The van der Waals surface area contributed by atoms with Gasteiger partial charge in [-0.05, 0) is 37.3 Å². The number of rotatable bonds is 4. The molecule has 2 aromatic carbocycles. The predicted octanol–water partition coefficient (Wildman–Crippen LogP) is 4.51. The van der Waals surface area contributed by atoms with Crippen LogP contribution in [-0.4, -0.2) is 15.7 Å². The summed E-state index contributed by atoms with van der Waals surface area (Å²) >= 11 is 6.02. The van der Waals surface area contributed by atoms with E-state index in [1.807, 2.05) is 43.5 Å². The molecule has 0 aliphatic heterocycles. The van der Waals surface area contributed by atoms with Crippen LogP contribution in [0.2, 0.25) is 5.02 Å². The number of carbonyl (C=O) groups excluding carboxylic acids is 1. The number of nitrogens with zero attached hydrogens (tertiary/aromatic N) is 2. The van der Waals surface area contributed by atoms with E-state index in [2.05, 4.69) is 10.4 Å². The molecule has 0 bridgehead atoms. The van der Waals surface area contributed by atoms with Gasteiger partial charge in [-0.3, -0.25) is 4.79 Å². The molecule has 130 valence electrons. The number of fused-ring (bicyclic) bond motifs is 1. The molecule has 26 heavy (non-hydrogen) atoms. The molecule has 0 atom stereocenters. The van der Waals surface area contributed by atoms with Crippen molar-refractivity contribution < 1.29 is 9.21 Å². The van der Waals surface area contributed by atoms with Gasteiger partial charge in [0.1, 0.15) is 5.58 Å². The van der Waals surface area contributed by atoms with E-state index in [0.29, 0.717) is 22.9 Å². The summed E-state index contributed by atoms with van der Waals surface area (Å²) in [6.45, 7) is 2.22. The third-order valence-corrected chi connectivity index (χ3v) is 4.45. The summed E-state index contributed by atoms with van der Waals surface area (Å²) in [5.41, 5.74) is 3.29.